The molecule has 2 aromatic rings. The molecular formula is C25H39NOS2Sn. The van der Waals surface area contributed by atoms with Crippen molar-refractivity contribution in [1.82, 2.24) is 0 Å². The Hall–Kier alpha value is -0.511. The first-order valence-electron chi connectivity index (χ1n) is 11.6. The molecule has 0 radical (unpaired) electrons. The van der Waals surface area contributed by atoms with E-state index in [0.717, 1.165) is 22.9 Å². The molecule has 0 bridgehead atoms. The molecule has 30 heavy (non-hydrogen) atoms. The van der Waals surface area contributed by atoms with E-state index in [4.69, 9.17) is 11.3 Å². The van der Waals surface area contributed by atoms with Gasteiger partial charge in [0.25, 0.3) is 0 Å². The molecule has 2 aromatic heterocycles. The van der Waals surface area contributed by atoms with Gasteiger partial charge in [-0.15, -0.1) is 0 Å². The van der Waals surface area contributed by atoms with E-state index in [-0.39, 0.29) is 0 Å². The summed E-state index contributed by atoms with van der Waals surface area (Å²) in [7, 11) is 0. The van der Waals surface area contributed by atoms with Gasteiger partial charge in [0, 0.05) is 0 Å². The van der Waals surface area contributed by atoms with Crippen molar-refractivity contribution in [3.8, 4) is 15.5 Å². The van der Waals surface area contributed by atoms with Crippen molar-refractivity contribution in [3.05, 3.63) is 28.4 Å². The summed E-state index contributed by atoms with van der Waals surface area (Å²) < 4.78 is 7.93. The van der Waals surface area contributed by atoms with Crippen LogP contribution in [-0.2, 0) is 0 Å². The summed E-state index contributed by atoms with van der Waals surface area (Å²) in [4.78, 5) is 14.7. The van der Waals surface area contributed by atoms with Crippen LogP contribution in [0.25, 0.3) is 14.6 Å². The minimum Gasteiger partial charge on any atom is -0.0654 e. The summed E-state index contributed by atoms with van der Waals surface area (Å²) in [5.41, 5.74) is 0.815. The second-order valence-electron chi connectivity index (χ2n) is 9.41. The van der Waals surface area contributed by atoms with Gasteiger partial charge in [0.15, 0.2) is 0 Å². The number of aryl methyl sites for hydroxylation is 1. The second-order valence-corrected chi connectivity index (χ2v) is 27.1. The van der Waals surface area contributed by atoms with Crippen LogP contribution in [0.2, 0.25) is 14.8 Å². The molecule has 1 unspecified atom stereocenters. The summed E-state index contributed by atoms with van der Waals surface area (Å²) in [6, 6.07) is 4.35. The fourth-order valence-corrected chi connectivity index (χ4v) is 11.0. The van der Waals surface area contributed by atoms with Crippen LogP contribution in [0, 0.1) is 19.4 Å². The second kappa shape index (κ2) is 12.5. The number of rotatable bonds is 13. The Balaban J connectivity index is 2.18. The molecule has 0 aliphatic heterocycles. The monoisotopic (exact) mass is 553 g/mol. The molecular weight excluding hydrogens is 513 g/mol. The average Bonchev–Trinajstić information content (AvgIpc) is 3.29. The Bertz CT molecular complexity index is 825. The van der Waals surface area contributed by atoms with E-state index >= 15 is 0 Å². The van der Waals surface area contributed by atoms with E-state index in [9.17, 15) is 0 Å². The minimum atomic E-state index is -2.20. The Morgan fingerprint density at radius 1 is 0.967 bits per heavy atom. The SMILES string of the molecule is [C-]#[N+]c1c[c]([Sn]([CH3])([CH3])[CH3])sc1-c1sc(C)cc1OCC(CCCC)CCCCCC. The number of ether oxygens (including phenoxy) is 1. The van der Waals surface area contributed by atoms with Gasteiger partial charge in [-0.1, -0.05) is 13.3 Å². The Labute approximate surface area is 196 Å². The predicted molar refractivity (Wildman–Crippen MR) is 139 cm³/mol. The third-order valence-corrected chi connectivity index (χ3v) is 17.3. The average molecular weight is 552 g/mol. The third kappa shape index (κ3) is 7.57. The first kappa shape index (κ1) is 25.7. The molecule has 2 rings (SSSR count). The Morgan fingerprint density at radius 2 is 1.67 bits per heavy atom. The fraction of sp³-hybridized carbons (Fsp3) is 0.640. The van der Waals surface area contributed by atoms with E-state index in [1.165, 1.54) is 64.0 Å². The summed E-state index contributed by atoms with van der Waals surface area (Å²) in [6.45, 7) is 15.2. The molecule has 2 heterocycles. The number of thiophene rings is 2. The molecule has 0 N–H and O–H groups in total. The van der Waals surface area contributed by atoms with Crippen molar-refractivity contribution in [2.75, 3.05) is 6.61 Å². The first-order chi connectivity index (χ1) is 14.3. The number of unbranched alkanes of at least 4 members (excludes halogenated alkanes) is 4. The van der Waals surface area contributed by atoms with Crippen molar-refractivity contribution in [2.45, 2.75) is 87.0 Å². The predicted octanol–water partition coefficient (Wildman–Crippen LogP) is 9.04. The summed E-state index contributed by atoms with van der Waals surface area (Å²) in [5, 5.41) is 0. The summed E-state index contributed by atoms with van der Waals surface area (Å²) in [6.07, 6.45) is 10.4. The Kier molecular flexibility index (Phi) is 10.7. The van der Waals surface area contributed by atoms with Crippen LogP contribution in [0.1, 0.15) is 70.1 Å². The van der Waals surface area contributed by atoms with Crippen LogP contribution in [0.5, 0.6) is 5.75 Å². The fourth-order valence-electron chi connectivity index (χ4n) is 3.62. The van der Waals surface area contributed by atoms with E-state index in [0.29, 0.717) is 5.92 Å². The summed E-state index contributed by atoms with van der Waals surface area (Å²) >= 11 is 1.43. The van der Waals surface area contributed by atoms with Crippen LogP contribution in [0.4, 0.5) is 5.69 Å². The molecule has 5 heteroatoms. The van der Waals surface area contributed by atoms with Crippen molar-refractivity contribution in [1.29, 1.82) is 0 Å². The van der Waals surface area contributed by atoms with Crippen molar-refractivity contribution in [3.63, 3.8) is 0 Å². The van der Waals surface area contributed by atoms with Gasteiger partial charge in [-0.3, -0.25) is 0 Å². The maximum atomic E-state index is 7.70. The molecule has 0 amide bonds. The van der Waals surface area contributed by atoms with E-state index in [1.54, 1.807) is 11.3 Å². The van der Waals surface area contributed by atoms with Crippen molar-refractivity contribution in [2.24, 2.45) is 5.92 Å². The number of hydrogen-bond donors (Lipinski definition) is 0. The third-order valence-electron chi connectivity index (χ3n) is 5.51. The van der Waals surface area contributed by atoms with Crippen molar-refractivity contribution < 1.29 is 4.74 Å². The molecule has 0 aliphatic rings. The topological polar surface area (TPSA) is 13.6 Å². The van der Waals surface area contributed by atoms with Crippen LogP contribution in [0.3, 0.4) is 0 Å². The molecule has 0 aromatic carbocycles. The van der Waals surface area contributed by atoms with Crippen LogP contribution in [0.15, 0.2) is 12.1 Å². The van der Waals surface area contributed by atoms with Crippen LogP contribution in [-0.4, -0.2) is 25.0 Å². The quantitative estimate of drug-likeness (QED) is 0.137. The van der Waals surface area contributed by atoms with E-state index in [2.05, 4.69) is 52.6 Å². The zero-order valence-electron chi connectivity index (χ0n) is 19.8. The first-order valence-corrected chi connectivity index (χ1v) is 23.2. The van der Waals surface area contributed by atoms with Crippen LogP contribution >= 0.6 is 22.7 Å². The Morgan fingerprint density at radius 3 is 2.30 bits per heavy atom. The molecule has 0 fully saturated rings. The standard InChI is InChI=1S/C22H30NOS2.3CH3.Sn/c1-5-7-9-10-12-18(11-8-6-2)16-24-20-15-17(3)26-22(20)21-19(23-4)13-14-25-21;;;;/h13,15,18H,5-12,16H2,1-3H3;3*1H3;. The zero-order valence-corrected chi connectivity index (χ0v) is 24.3. The van der Waals surface area contributed by atoms with Crippen LogP contribution < -0.4 is 7.63 Å². The molecule has 166 valence electrons. The van der Waals surface area contributed by atoms with Gasteiger partial charge in [0.05, 0.1) is 0 Å². The molecule has 1 atom stereocenters. The molecule has 0 aliphatic carbocycles. The van der Waals surface area contributed by atoms with E-state index < -0.39 is 18.4 Å². The molecule has 0 spiro atoms. The van der Waals surface area contributed by atoms with Gasteiger partial charge in [-0.25, -0.2) is 0 Å². The van der Waals surface area contributed by atoms with Crippen molar-refractivity contribution >= 4 is 49.6 Å². The van der Waals surface area contributed by atoms with Gasteiger partial charge < -0.3 is 0 Å². The van der Waals surface area contributed by atoms with Gasteiger partial charge in [0.1, 0.15) is 0 Å². The van der Waals surface area contributed by atoms with Gasteiger partial charge in [-0.05, 0) is 0 Å². The van der Waals surface area contributed by atoms with Gasteiger partial charge in [0.2, 0.25) is 0 Å². The van der Waals surface area contributed by atoms with Gasteiger partial charge in [-0.2, -0.15) is 0 Å². The molecule has 0 saturated carbocycles. The minimum absolute atomic E-state index is 0.639. The van der Waals surface area contributed by atoms with Gasteiger partial charge >= 0.3 is 184 Å². The zero-order chi connectivity index (χ0) is 22.1. The number of hydrogen-bond acceptors (Lipinski definition) is 3. The van der Waals surface area contributed by atoms with E-state index in [1.807, 2.05) is 11.3 Å². The maximum absolute atomic E-state index is 7.70. The smallest absolute Gasteiger partial charge is 0.0654 e. The molecule has 0 saturated heterocycles. The molecule has 2 nitrogen and oxygen atoms in total. The normalized spacial score (nSPS) is 12.7. The summed E-state index contributed by atoms with van der Waals surface area (Å²) in [5.74, 6) is 1.63. The number of nitrogens with zero attached hydrogens (tertiary/aromatic N) is 1.